The molecule has 128 valence electrons. The van der Waals surface area contributed by atoms with Gasteiger partial charge in [-0.1, -0.05) is 39.0 Å². The summed E-state index contributed by atoms with van der Waals surface area (Å²) < 4.78 is 12.3. The lowest BCUT2D eigenvalue weighted by atomic mass is 9.94. The van der Waals surface area contributed by atoms with Crippen LogP contribution >= 0.6 is 0 Å². The van der Waals surface area contributed by atoms with Gasteiger partial charge in [0.1, 0.15) is 0 Å². The molecule has 0 spiro atoms. The summed E-state index contributed by atoms with van der Waals surface area (Å²) in [5, 5.41) is 0. The molecule has 0 unspecified atom stereocenters. The fraction of sp³-hybridized carbons (Fsp3) is 0.611. The third-order valence-electron chi connectivity index (χ3n) is 4.12. The lowest BCUT2D eigenvalue weighted by Gasteiger charge is -2.28. The number of rotatable bonds is 4. The molecule has 1 aliphatic rings. The standard InChI is InChI=1S/C18H28N2O2S/c1-18(2,3)17(21)20-11-7-10-19(12-13-20)14-15-23(22)16-8-5-4-6-9-16/h4-6,8-9H,7,10-15H2,1-3H3/t23-/m1/s1. The van der Waals surface area contributed by atoms with E-state index in [1.54, 1.807) is 0 Å². The molecule has 1 aliphatic heterocycles. The van der Waals surface area contributed by atoms with Crippen LogP contribution in [0, 0.1) is 5.41 Å². The van der Waals surface area contributed by atoms with Crippen LogP contribution in [-0.4, -0.2) is 58.4 Å². The second-order valence-corrected chi connectivity index (χ2v) is 8.67. The Bertz CT molecular complexity index is 540. The van der Waals surface area contributed by atoms with Crippen LogP contribution in [0.3, 0.4) is 0 Å². The van der Waals surface area contributed by atoms with Crippen LogP contribution in [0.2, 0.25) is 0 Å². The fourth-order valence-corrected chi connectivity index (χ4v) is 3.89. The zero-order valence-corrected chi connectivity index (χ0v) is 15.3. The number of carbonyl (C=O) groups is 1. The summed E-state index contributed by atoms with van der Waals surface area (Å²) in [6, 6.07) is 9.63. The first kappa shape index (κ1) is 18.1. The molecular weight excluding hydrogens is 308 g/mol. The van der Waals surface area contributed by atoms with E-state index in [0.29, 0.717) is 5.75 Å². The van der Waals surface area contributed by atoms with E-state index in [1.807, 2.05) is 56.0 Å². The zero-order chi connectivity index (χ0) is 16.9. The Balaban J connectivity index is 1.82. The van der Waals surface area contributed by atoms with Gasteiger partial charge in [0, 0.05) is 42.2 Å². The van der Waals surface area contributed by atoms with Crippen molar-refractivity contribution in [3.8, 4) is 0 Å². The highest BCUT2D eigenvalue weighted by Crippen LogP contribution is 2.18. The summed E-state index contributed by atoms with van der Waals surface area (Å²) in [5.41, 5.74) is -0.315. The third kappa shape index (κ3) is 5.43. The van der Waals surface area contributed by atoms with E-state index in [2.05, 4.69) is 4.90 Å². The van der Waals surface area contributed by atoms with Gasteiger partial charge in [-0.25, -0.2) is 0 Å². The lowest BCUT2D eigenvalue weighted by Crippen LogP contribution is -2.41. The molecule has 1 atom stereocenters. The Morgan fingerprint density at radius 3 is 2.43 bits per heavy atom. The van der Waals surface area contributed by atoms with Gasteiger partial charge in [-0.15, -0.1) is 0 Å². The molecule has 1 heterocycles. The molecule has 2 rings (SSSR count). The summed E-state index contributed by atoms with van der Waals surface area (Å²) in [6.45, 7) is 10.2. The minimum Gasteiger partial charge on any atom is -0.341 e. The Labute approximate surface area is 142 Å². The second-order valence-electron chi connectivity index (χ2n) is 7.10. The molecule has 1 aromatic rings. The normalized spacial score (nSPS) is 18.5. The SMILES string of the molecule is CC(C)(C)C(=O)N1CCCN(CC[S@@](=O)c2ccccc2)CC1. The van der Waals surface area contributed by atoms with E-state index in [1.165, 1.54) is 0 Å². The molecule has 0 saturated carbocycles. The van der Waals surface area contributed by atoms with Crippen molar-refractivity contribution in [1.29, 1.82) is 0 Å². The van der Waals surface area contributed by atoms with Crippen LogP contribution in [0.5, 0.6) is 0 Å². The summed E-state index contributed by atoms with van der Waals surface area (Å²) in [7, 11) is -0.945. The summed E-state index contributed by atoms with van der Waals surface area (Å²) in [6.07, 6.45) is 0.986. The average molecular weight is 337 g/mol. The first-order valence-corrected chi connectivity index (χ1v) is 9.65. The van der Waals surface area contributed by atoms with E-state index < -0.39 is 10.8 Å². The van der Waals surface area contributed by atoms with Crippen molar-refractivity contribution in [2.24, 2.45) is 5.41 Å². The fourth-order valence-electron chi connectivity index (χ4n) is 2.77. The van der Waals surface area contributed by atoms with Gasteiger partial charge in [-0.3, -0.25) is 9.00 Å². The molecule has 1 saturated heterocycles. The molecule has 23 heavy (non-hydrogen) atoms. The van der Waals surface area contributed by atoms with Crippen molar-refractivity contribution in [1.82, 2.24) is 9.80 Å². The molecule has 1 fully saturated rings. The van der Waals surface area contributed by atoms with Crippen molar-refractivity contribution in [3.05, 3.63) is 30.3 Å². The molecule has 0 bridgehead atoms. The number of benzene rings is 1. The molecule has 4 nitrogen and oxygen atoms in total. The number of amides is 1. The quantitative estimate of drug-likeness (QED) is 0.847. The predicted molar refractivity (Wildman–Crippen MR) is 94.8 cm³/mol. The van der Waals surface area contributed by atoms with Crippen molar-refractivity contribution in [2.45, 2.75) is 32.1 Å². The van der Waals surface area contributed by atoms with Gasteiger partial charge in [0.15, 0.2) is 0 Å². The summed E-state index contributed by atoms with van der Waals surface area (Å²) in [4.78, 5) is 17.6. The largest absolute Gasteiger partial charge is 0.341 e. The van der Waals surface area contributed by atoms with Crippen LogP contribution in [0.15, 0.2) is 35.2 Å². The number of nitrogens with zero attached hydrogens (tertiary/aromatic N) is 2. The highest BCUT2D eigenvalue weighted by Gasteiger charge is 2.28. The molecule has 0 aromatic heterocycles. The maximum Gasteiger partial charge on any atom is 0.227 e. The van der Waals surface area contributed by atoms with E-state index in [4.69, 9.17) is 0 Å². The van der Waals surface area contributed by atoms with Crippen LogP contribution < -0.4 is 0 Å². The monoisotopic (exact) mass is 336 g/mol. The minimum atomic E-state index is -0.945. The van der Waals surface area contributed by atoms with Gasteiger partial charge in [0.2, 0.25) is 5.91 Å². The van der Waals surface area contributed by atoms with Gasteiger partial charge in [0.05, 0.1) is 10.8 Å². The Kier molecular flexibility index (Phi) is 6.36. The van der Waals surface area contributed by atoms with Crippen molar-refractivity contribution < 1.29 is 9.00 Å². The third-order valence-corrected chi connectivity index (χ3v) is 5.47. The first-order chi connectivity index (χ1) is 10.9. The summed E-state index contributed by atoms with van der Waals surface area (Å²) >= 11 is 0. The van der Waals surface area contributed by atoms with Crippen molar-refractivity contribution in [2.75, 3.05) is 38.5 Å². The second kappa shape index (κ2) is 8.06. The Morgan fingerprint density at radius 2 is 1.78 bits per heavy atom. The van der Waals surface area contributed by atoms with Gasteiger partial charge in [-0.2, -0.15) is 0 Å². The van der Waals surface area contributed by atoms with Crippen LogP contribution in [0.1, 0.15) is 27.2 Å². The van der Waals surface area contributed by atoms with Gasteiger partial charge in [0.25, 0.3) is 0 Å². The van der Waals surface area contributed by atoms with E-state index in [0.717, 1.165) is 44.0 Å². The van der Waals surface area contributed by atoms with Gasteiger partial charge < -0.3 is 9.80 Å². The molecule has 0 aliphatic carbocycles. The number of carbonyl (C=O) groups excluding carboxylic acids is 1. The number of hydrogen-bond donors (Lipinski definition) is 0. The molecule has 0 radical (unpaired) electrons. The Morgan fingerprint density at radius 1 is 1.09 bits per heavy atom. The van der Waals surface area contributed by atoms with Crippen molar-refractivity contribution >= 4 is 16.7 Å². The smallest absolute Gasteiger partial charge is 0.227 e. The average Bonchev–Trinajstić information content (AvgIpc) is 2.77. The van der Waals surface area contributed by atoms with Crippen molar-refractivity contribution in [3.63, 3.8) is 0 Å². The predicted octanol–water partition coefficient (Wildman–Crippen LogP) is 2.37. The van der Waals surface area contributed by atoms with E-state index >= 15 is 0 Å². The van der Waals surface area contributed by atoms with Gasteiger partial charge >= 0.3 is 0 Å². The van der Waals surface area contributed by atoms with Crippen LogP contribution in [0.4, 0.5) is 0 Å². The molecule has 1 amide bonds. The maximum absolute atomic E-state index is 12.4. The van der Waals surface area contributed by atoms with Crippen LogP contribution in [0.25, 0.3) is 0 Å². The maximum atomic E-state index is 12.4. The summed E-state index contributed by atoms with van der Waals surface area (Å²) in [5.74, 6) is 0.879. The van der Waals surface area contributed by atoms with Crippen LogP contribution in [-0.2, 0) is 15.6 Å². The van der Waals surface area contributed by atoms with Gasteiger partial charge in [-0.05, 0) is 25.1 Å². The molecule has 5 heteroatoms. The highest BCUT2D eigenvalue weighted by molar-refractivity contribution is 7.85. The van der Waals surface area contributed by atoms with E-state index in [9.17, 15) is 9.00 Å². The van der Waals surface area contributed by atoms with E-state index in [-0.39, 0.29) is 11.3 Å². The first-order valence-electron chi connectivity index (χ1n) is 8.33. The highest BCUT2D eigenvalue weighted by atomic mass is 32.2. The lowest BCUT2D eigenvalue weighted by molar-refractivity contribution is -0.139. The molecule has 0 N–H and O–H groups in total. The molecule has 1 aromatic carbocycles. The topological polar surface area (TPSA) is 40.6 Å². The molecular formula is C18H28N2O2S. The zero-order valence-electron chi connectivity index (χ0n) is 14.5. The minimum absolute atomic E-state index is 0.229. The Hall–Kier alpha value is -1.20. The number of hydrogen-bond acceptors (Lipinski definition) is 3.